The Kier molecular flexibility index (Phi) is 5.52. The van der Waals surface area contributed by atoms with Gasteiger partial charge in [-0.25, -0.2) is 0 Å². The van der Waals surface area contributed by atoms with Crippen LogP contribution in [0.5, 0.6) is 0 Å². The summed E-state index contributed by atoms with van der Waals surface area (Å²) in [7, 11) is -0.721. The third kappa shape index (κ3) is 3.51. The van der Waals surface area contributed by atoms with Crippen molar-refractivity contribution in [3.8, 4) is 11.1 Å². The minimum absolute atomic E-state index is 0.0655. The van der Waals surface area contributed by atoms with E-state index in [-0.39, 0.29) is 42.1 Å². The maximum absolute atomic E-state index is 6.39. The summed E-state index contributed by atoms with van der Waals surface area (Å²) in [4.78, 5) is 0. The summed E-state index contributed by atoms with van der Waals surface area (Å²) in [5.41, 5.74) is 6.05. The molecule has 0 unspecified atom stereocenters. The van der Waals surface area contributed by atoms with Crippen LogP contribution in [0.1, 0.15) is 93.2 Å². The number of hydrogen-bond donors (Lipinski definition) is 0. The first-order valence-corrected chi connectivity index (χ1v) is 13.2. The molecule has 0 aromatic heterocycles. The Morgan fingerprint density at radius 3 is 1.14 bits per heavy atom. The summed E-state index contributed by atoms with van der Waals surface area (Å²) in [6, 6.07) is 13.5. The van der Waals surface area contributed by atoms with E-state index in [2.05, 4.69) is 106 Å². The third-order valence-electron chi connectivity index (χ3n) is 9.67. The van der Waals surface area contributed by atoms with Crippen molar-refractivity contribution in [2.45, 2.75) is 110 Å². The molecule has 2 saturated heterocycles. The van der Waals surface area contributed by atoms with Crippen molar-refractivity contribution >= 4 is 25.2 Å². The second kappa shape index (κ2) is 7.71. The summed E-state index contributed by atoms with van der Waals surface area (Å²) in [5.74, 6) is 0. The lowest BCUT2D eigenvalue weighted by Crippen LogP contribution is -2.41. The summed E-state index contributed by atoms with van der Waals surface area (Å²) in [5, 5.41) is 0. The quantitative estimate of drug-likeness (QED) is 0.559. The maximum atomic E-state index is 6.39. The summed E-state index contributed by atoms with van der Waals surface area (Å²) >= 11 is 0. The van der Waals surface area contributed by atoms with E-state index in [9.17, 15) is 0 Å². The summed E-state index contributed by atoms with van der Waals surface area (Å²) < 4.78 is 25.6. The number of rotatable bonds is 4. The van der Waals surface area contributed by atoms with Gasteiger partial charge in [0, 0.05) is 5.41 Å². The molecule has 2 aromatic rings. The molecule has 0 N–H and O–H groups in total. The van der Waals surface area contributed by atoms with Crippen LogP contribution in [0.25, 0.3) is 11.1 Å². The molecule has 6 heteroatoms. The Morgan fingerprint density at radius 2 is 0.857 bits per heavy atom. The van der Waals surface area contributed by atoms with Crippen LogP contribution in [0.4, 0.5) is 0 Å². The molecule has 186 valence electrons. The van der Waals surface area contributed by atoms with Crippen LogP contribution in [-0.2, 0) is 24.0 Å². The Morgan fingerprint density at radius 1 is 0.543 bits per heavy atom. The SMILES string of the molecule is CCC1(CC)c2cc(B3OC(C)(C)C(C)(C)O3)ccc2-c2ccc(B3OC(C)(C)C(C)(C)O3)cc21. The second-order valence-corrected chi connectivity index (χ2v) is 12.6. The summed E-state index contributed by atoms with van der Waals surface area (Å²) in [6.07, 6.45) is 2.03. The van der Waals surface area contributed by atoms with Gasteiger partial charge in [-0.1, -0.05) is 50.2 Å². The fraction of sp³-hybridized carbons (Fsp3) is 0.586. The first-order valence-electron chi connectivity index (χ1n) is 13.2. The van der Waals surface area contributed by atoms with Gasteiger partial charge in [-0.15, -0.1) is 0 Å². The molecule has 0 radical (unpaired) electrons. The van der Waals surface area contributed by atoms with Gasteiger partial charge in [0.05, 0.1) is 22.4 Å². The molecule has 2 fully saturated rings. The highest BCUT2D eigenvalue weighted by atomic mass is 16.7. The standard InChI is InChI=1S/C29H40B2O4/c1-11-29(12-2)23-17-19(30-32-25(3,4)26(5,6)33-30)13-15-21(23)22-16-14-20(18-24(22)29)31-34-27(7,8)28(9,10)35-31/h13-18H,11-12H2,1-10H3. The van der Waals surface area contributed by atoms with E-state index in [1.165, 1.54) is 22.3 Å². The van der Waals surface area contributed by atoms with Crippen LogP contribution in [0, 0.1) is 0 Å². The highest BCUT2D eigenvalue weighted by Crippen LogP contribution is 2.52. The van der Waals surface area contributed by atoms with Gasteiger partial charge in [-0.05, 0) is 101 Å². The van der Waals surface area contributed by atoms with Crippen molar-refractivity contribution < 1.29 is 18.6 Å². The minimum atomic E-state index is -0.360. The highest BCUT2D eigenvalue weighted by molar-refractivity contribution is 6.62. The van der Waals surface area contributed by atoms with Crippen LogP contribution in [0.2, 0.25) is 0 Å². The zero-order chi connectivity index (χ0) is 25.6. The predicted molar refractivity (Wildman–Crippen MR) is 145 cm³/mol. The van der Waals surface area contributed by atoms with Gasteiger partial charge in [-0.2, -0.15) is 0 Å². The van der Waals surface area contributed by atoms with Gasteiger partial charge in [0.2, 0.25) is 0 Å². The molecule has 0 atom stereocenters. The number of hydrogen-bond acceptors (Lipinski definition) is 4. The van der Waals surface area contributed by atoms with Gasteiger partial charge in [0.1, 0.15) is 0 Å². The zero-order valence-corrected chi connectivity index (χ0v) is 23.2. The van der Waals surface area contributed by atoms with E-state index in [0.29, 0.717) is 0 Å². The van der Waals surface area contributed by atoms with Crippen LogP contribution in [0.3, 0.4) is 0 Å². The molecule has 1 aliphatic carbocycles. The summed E-state index contributed by atoms with van der Waals surface area (Å²) in [6.45, 7) is 21.4. The van der Waals surface area contributed by atoms with Crippen molar-refractivity contribution in [1.29, 1.82) is 0 Å². The molecule has 2 aromatic carbocycles. The van der Waals surface area contributed by atoms with Crippen molar-refractivity contribution in [2.75, 3.05) is 0 Å². The van der Waals surface area contributed by atoms with E-state index in [4.69, 9.17) is 18.6 Å². The lowest BCUT2D eigenvalue weighted by Gasteiger charge is -2.32. The average Bonchev–Trinajstić information content (AvgIpc) is 3.27. The van der Waals surface area contributed by atoms with Crippen LogP contribution in [0.15, 0.2) is 36.4 Å². The van der Waals surface area contributed by atoms with E-state index >= 15 is 0 Å². The average molecular weight is 474 g/mol. The Hall–Kier alpha value is -1.59. The Bertz CT molecular complexity index is 1040. The molecule has 0 saturated carbocycles. The van der Waals surface area contributed by atoms with Gasteiger partial charge in [0.15, 0.2) is 0 Å². The molecule has 5 rings (SSSR count). The first-order chi connectivity index (χ1) is 16.2. The van der Waals surface area contributed by atoms with Crippen molar-refractivity contribution in [3.63, 3.8) is 0 Å². The van der Waals surface area contributed by atoms with E-state index < -0.39 is 0 Å². The third-order valence-corrected chi connectivity index (χ3v) is 9.67. The number of fused-ring (bicyclic) bond motifs is 3. The topological polar surface area (TPSA) is 36.9 Å². The van der Waals surface area contributed by atoms with Crippen LogP contribution >= 0.6 is 0 Å². The first kappa shape index (κ1) is 25.1. The fourth-order valence-corrected chi connectivity index (χ4v) is 5.79. The molecule has 0 amide bonds. The van der Waals surface area contributed by atoms with Crippen LogP contribution in [-0.4, -0.2) is 36.6 Å². The molecule has 2 aliphatic heterocycles. The molecular weight excluding hydrogens is 434 g/mol. The van der Waals surface area contributed by atoms with Gasteiger partial charge < -0.3 is 18.6 Å². The smallest absolute Gasteiger partial charge is 0.399 e. The van der Waals surface area contributed by atoms with Gasteiger partial charge >= 0.3 is 14.2 Å². The van der Waals surface area contributed by atoms with Crippen molar-refractivity contribution in [3.05, 3.63) is 47.5 Å². The van der Waals surface area contributed by atoms with Crippen molar-refractivity contribution in [1.82, 2.24) is 0 Å². The monoisotopic (exact) mass is 474 g/mol. The maximum Gasteiger partial charge on any atom is 0.494 e. The van der Waals surface area contributed by atoms with Gasteiger partial charge in [-0.3, -0.25) is 0 Å². The largest absolute Gasteiger partial charge is 0.494 e. The predicted octanol–water partition coefficient (Wildman–Crippen LogP) is 5.37. The Balaban J connectivity index is 1.56. The number of benzene rings is 2. The Labute approximate surface area is 212 Å². The minimum Gasteiger partial charge on any atom is -0.399 e. The lowest BCUT2D eigenvalue weighted by molar-refractivity contribution is 0.00578. The highest BCUT2D eigenvalue weighted by Gasteiger charge is 2.54. The van der Waals surface area contributed by atoms with Gasteiger partial charge in [0.25, 0.3) is 0 Å². The molecule has 0 bridgehead atoms. The zero-order valence-electron chi connectivity index (χ0n) is 23.2. The molecule has 0 spiro atoms. The second-order valence-electron chi connectivity index (χ2n) is 12.6. The molecule has 2 heterocycles. The lowest BCUT2D eigenvalue weighted by atomic mass is 9.69. The normalized spacial score (nSPS) is 24.5. The van der Waals surface area contributed by atoms with Crippen LogP contribution < -0.4 is 10.9 Å². The van der Waals surface area contributed by atoms with E-state index in [1.54, 1.807) is 0 Å². The van der Waals surface area contributed by atoms with Crippen molar-refractivity contribution in [2.24, 2.45) is 0 Å². The van der Waals surface area contributed by atoms with E-state index in [0.717, 1.165) is 23.8 Å². The molecular formula is C29H40B2O4. The molecule has 3 aliphatic rings. The molecule has 4 nitrogen and oxygen atoms in total. The van der Waals surface area contributed by atoms with E-state index in [1.807, 2.05) is 0 Å². The fourth-order valence-electron chi connectivity index (χ4n) is 5.79. The molecule has 35 heavy (non-hydrogen) atoms.